The average Bonchev–Trinajstić information content (AvgIpc) is 2.76. The summed E-state index contributed by atoms with van der Waals surface area (Å²) in [4.78, 5) is 7.75. The maximum Gasteiger partial charge on any atom is 0.180 e. The monoisotopic (exact) mass is 248 g/mol. The summed E-state index contributed by atoms with van der Waals surface area (Å²) in [6, 6.07) is 0.653. The smallest absolute Gasteiger partial charge is 0.180 e. The number of rotatable bonds is 3. The zero-order chi connectivity index (χ0) is 9.97. The van der Waals surface area contributed by atoms with Crippen LogP contribution in [0.25, 0.3) is 0 Å². The van der Waals surface area contributed by atoms with E-state index >= 15 is 0 Å². The first-order chi connectivity index (χ1) is 6.78. The minimum absolute atomic E-state index is 0. The fraction of sp³-hybridized carbons (Fsp3) is 0.667. The largest absolute Gasteiger partial charge is 0.375 e. The number of hydrogen-bond acceptors (Lipinski definition) is 5. The van der Waals surface area contributed by atoms with Crippen molar-refractivity contribution in [2.45, 2.75) is 19.0 Å². The molecule has 2 heterocycles. The molecule has 1 aliphatic rings. The molecule has 0 amide bonds. The van der Waals surface area contributed by atoms with E-state index in [-0.39, 0.29) is 12.4 Å². The normalized spacial score (nSPS) is 21.5. The van der Waals surface area contributed by atoms with Crippen molar-refractivity contribution in [1.82, 2.24) is 15.2 Å². The number of hydrogen-bond donors (Lipinski definition) is 2. The highest BCUT2D eigenvalue weighted by Gasteiger charge is 2.21. The third-order valence-electron chi connectivity index (χ3n) is 2.63. The van der Waals surface area contributed by atoms with E-state index in [4.69, 9.17) is 5.73 Å². The van der Waals surface area contributed by atoms with Gasteiger partial charge in [0.1, 0.15) is 0 Å². The quantitative estimate of drug-likeness (QED) is 0.836. The summed E-state index contributed by atoms with van der Waals surface area (Å²) in [5.74, 6) is 0. The Kier molecular flexibility index (Phi) is 4.79. The number of likely N-dealkylation sites (tertiary alicyclic amines) is 1. The number of thiazole rings is 1. The molecular formula is C9H17ClN4S. The molecule has 1 fully saturated rings. The number of nitrogens with two attached hydrogens (primary N) is 1. The van der Waals surface area contributed by atoms with E-state index in [1.807, 2.05) is 13.2 Å². The van der Waals surface area contributed by atoms with Gasteiger partial charge in [-0.3, -0.25) is 4.90 Å². The summed E-state index contributed by atoms with van der Waals surface area (Å²) in [5, 5.41) is 3.98. The topological polar surface area (TPSA) is 54.2 Å². The first-order valence-electron chi connectivity index (χ1n) is 4.87. The summed E-state index contributed by atoms with van der Waals surface area (Å²) in [6.45, 7) is 3.30. The molecule has 3 N–H and O–H groups in total. The van der Waals surface area contributed by atoms with Crippen molar-refractivity contribution in [1.29, 1.82) is 0 Å². The van der Waals surface area contributed by atoms with Crippen molar-refractivity contribution in [2.75, 3.05) is 25.9 Å². The molecule has 1 aliphatic heterocycles. The molecule has 15 heavy (non-hydrogen) atoms. The predicted octanol–water partition coefficient (Wildman–Crippen LogP) is 0.941. The van der Waals surface area contributed by atoms with Crippen LogP contribution in [0.1, 0.15) is 11.3 Å². The SMILES string of the molecule is CNC1CCN(Cc2cnc(N)s2)C1.Cl. The third-order valence-corrected chi connectivity index (χ3v) is 3.44. The van der Waals surface area contributed by atoms with Crippen LogP contribution in [0.15, 0.2) is 6.20 Å². The lowest BCUT2D eigenvalue weighted by molar-refractivity contribution is 0.325. The van der Waals surface area contributed by atoms with E-state index in [1.165, 1.54) is 17.8 Å². The molecule has 0 bridgehead atoms. The summed E-state index contributed by atoms with van der Waals surface area (Å²) in [6.07, 6.45) is 3.12. The van der Waals surface area contributed by atoms with Crippen LogP contribution >= 0.6 is 23.7 Å². The number of aromatic nitrogens is 1. The second-order valence-corrected chi connectivity index (χ2v) is 4.82. The van der Waals surface area contributed by atoms with E-state index in [1.54, 1.807) is 11.3 Å². The van der Waals surface area contributed by atoms with Crippen molar-refractivity contribution in [3.8, 4) is 0 Å². The Morgan fingerprint density at radius 2 is 2.53 bits per heavy atom. The summed E-state index contributed by atoms with van der Waals surface area (Å²) in [7, 11) is 2.03. The van der Waals surface area contributed by atoms with Crippen molar-refractivity contribution in [3.05, 3.63) is 11.1 Å². The van der Waals surface area contributed by atoms with Crippen LogP contribution in [-0.2, 0) is 6.54 Å². The molecular weight excluding hydrogens is 232 g/mol. The van der Waals surface area contributed by atoms with Gasteiger partial charge in [0.25, 0.3) is 0 Å². The molecule has 86 valence electrons. The second-order valence-electron chi connectivity index (χ2n) is 3.67. The van der Waals surface area contributed by atoms with Gasteiger partial charge in [-0.2, -0.15) is 0 Å². The van der Waals surface area contributed by atoms with Crippen LogP contribution in [0.5, 0.6) is 0 Å². The zero-order valence-corrected chi connectivity index (χ0v) is 10.4. The number of nitrogen functional groups attached to an aromatic ring is 1. The second kappa shape index (κ2) is 5.65. The van der Waals surface area contributed by atoms with Gasteiger partial charge in [0.2, 0.25) is 0 Å². The Labute approximate surface area is 100 Å². The molecule has 0 radical (unpaired) electrons. The first-order valence-corrected chi connectivity index (χ1v) is 5.69. The van der Waals surface area contributed by atoms with Crippen LogP contribution < -0.4 is 11.1 Å². The van der Waals surface area contributed by atoms with Gasteiger partial charge in [-0.05, 0) is 13.5 Å². The predicted molar refractivity (Wildman–Crippen MR) is 66.5 cm³/mol. The van der Waals surface area contributed by atoms with Crippen LogP contribution in [0.2, 0.25) is 0 Å². The van der Waals surface area contributed by atoms with Gasteiger partial charge >= 0.3 is 0 Å². The van der Waals surface area contributed by atoms with Crippen LogP contribution in [0.3, 0.4) is 0 Å². The van der Waals surface area contributed by atoms with Crippen molar-refractivity contribution >= 4 is 28.9 Å². The van der Waals surface area contributed by atoms with Gasteiger partial charge in [-0.1, -0.05) is 0 Å². The maximum absolute atomic E-state index is 5.58. The van der Waals surface area contributed by atoms with Gasteiger partial charge in [0.05, 0.1) is 0 Å². The highest BCUT2D eigenvalue weighted by atomic mass is 35.5. The molecule has 1 saturated heterocycles. The summed E-state index contributed by atoms with van der Waals surface area (Å²) in [5.41, 5.74) is 5.58. The minimum Gasteiger partial charge on any atom is -0.375 e. The number of anilines is 1. The van der Waals surface area contributed by atoms with Gasteiger partial charge in [-0.25, -0.2) is 4.98 Å². The Morgan fingerprint density at radius 1 is 1.73 bits per heavy atom. The van der Waals surface area contributed by atoms with E-state index < -0.39 is 0 Å². The molecule has 1 aromatic heterocycles. The molecule has 6 heteroatoms. The minimum atomic E-state index is 0. The number of nitrogens with zero attached hydrogens (tertiary/aromatic N) is 2. The van der Waals surface area contributed by atoms with Gasteiger partial charge in [0.15, 0.2) is 5.13 Å². The third kappa shape index (κ3) is 3.31. The van der Waals surface area contributed by atoms with Crippen LogP contribution in [0, 0.1) is 0 Å². The summed E-state index contributed by atoms with van der Waals surface area (Å²) >= 11 is 1.59. The molecule has 0 spiro atoms. The Balaban J connectivity index is 0.00000112. The van der Waals surface area contributed by atoms with Gasteiger partial charge in [-0.15, -0.1) is 23.7 Å². The number of likely N-dealkylation sites (N-methyl/N-ethyl adjacent to an activating group) is 1. The van der Waals surface area contributed by atoms with Crippen LogP contribution in [0.4, 0.5) is 5.13 Å². The van der Waals surface area contributed by atoms with Crippen molar-refractivity contribution < 1.29 is 0 Å². The molecule has 4 nitrogen and oxygen atoms in total. The van der Waals surface area contributed by atoms with E-state index in [0.29, 0.717) is 11.2 Å². The highest BCUT2D eigenvalue weighted by molar-refractivity contribution is 7.15. The van der Waals surface area contributed by atoms with Gasteiger partial charge in [0, 0.05) is 36.8 Å². The number of nitrogens with one attached hydrogen (secondary N) is 1. The molecule has 1 unspecified atom stereocenters. The fourth-order valence-electron chi connectivity index (χ4n) is 1.83. The maximum atomic E-state index is 5.58. The molecule has 1 aromatic rings. The summed E-state index contributed by atoms with van der Waals surface area (Å²) < 4.78 is 0. The molecule has 1 atom stereocenters. The van der Waals surface area contributed by atoms with E-state index in [9.17, 15) is 0 Å². The average molecular weight is 249 g/mol. The standard InChI is InChI=1S/C9H16N4S.ClH/c1-11-7-2-3-13(5-7)6-8-4-12-9(10)14-8;/h4,7,11H,2-3,5-6H2,1H3,(H2,10,12);1H. The lowest BCUT2D eigenvalue weighted by Crippen LogP contribution is -2.29. The Bertz CT molecular complexity index is 304. The van der Waals surface area contributed by atoms with Crippen molar-refractivity contribution in [2.24, 2.45) is 0 Å². The van der Waals surface area contributed by atoms with Crippen LogP contribution in [-0.4, -0.2) is 36.1 Å². The molecule has 2 rings (SSSR count). The Morgan fingerprint density at radius 3 is 3.07 bits per heavy atom. The molecule has 0 saturated carbocycles. The zero-order valence-electron chi connectivity index (χ0n) is 8.77. The van der Waals surface area contributed by atoms with E-state index in [0.717, 1.165) is 13.1 Å². The lowest BCUT2D eigenvalue weighted by atomic mass is 10.3. The lowest BCUT2D eigenvalue weighted by Gasteiger charge is -2.13. The number of halogens is 1. The fourth-order valence-corrected chi connectivity index (χ4v) is 2.55. The van der Waals surface area contributed by atoms with E-state index in [2.05, 4.69) is 15.2 Å². The Hall–Kier alpha value is -0.360. The van der Waals surface area contributed by atoms with Crippen molar-refractivity contribution in [3.63, 3.8) is 0 Å². The highest BCUT2D eigenvalue weighted by Crippen LogP contribution is 2.19. The molecule has 0 aromatic carbocycles. The van der Waals surface area contributed by atoms with Gasteiger partial charge < -0.3 is 11.1 Å². The molecule has 0 aliphatic carbocycles. The first kappa shape index (κ1) is 12.7.